The van der Waals surface area contributed by atoms with Crippen LogP contribution in [0.1, 0.15) is 13.8 Å². The molecule has 0 atom stereocenters. The van der Waals surface area contributed by atoms with Crippen molar-refractivity contribution in [1.29, 1.82) is 0 Å². The van der Waals surface area contributed by atoms with E-state index in [1.54, 1.807) is 36.5 Å². The van der Waals surface area contributed by atoms with Crippen molar-refractivity contribution in [2.24, 2.45) is 0 Å². The van der Waals surface area contributed by atoms with Gasteiger partial charge < -0.3 is 9.47 Å². The Hall–Kier alpha value is -2.80. The zero-order valence-corrected chi connectivity index (χ0v) is 15.4. The molecule has 0 aliphatic heterocycles. The lowest BCUT2D eigenvalue weighted by Gasteiger charge is -2.15. The second-order valence-electron chi connectivity index (χ2n) is 5.46. The van der Waals surface area contributed by atoms with E-state index in [9.17, 15) is 8.42 Å². The fraction of sp³-hybridized carbons (Fsp3) is 0.211. The summed E-state index contributed by atoms with van der Waals surface area (Å²) in [5.41, 5.74) is 0.743. The van der Waals surface area contributed by atoms with Gasteiger partial charge >= 0.3 is 0 Å². The third kappa shape index (κ3) is 3.72. The number of nitrogens with zero attached hydrogens (tertiary/aromatic N) is 1. The first kappa shape index (κ1) is 18.0. The Morgan fingerprint density at radius 3 is 2.54 bits per heavy atom. The Labute approximate surface area is 152 Å². The van der Waals surface area contributed by atoms with E-state index in [0.717, 1.165) is 5.39 Å². The highest BCUT2D eigenvalue weighted by Gasteiger charge is 2.20. The van der Waals surface area contributed by atoms with E-state index in [4.69, 9.17) is 9.47 Å². The highest BCUT2D eigenvalue weighted by atomic mass is 32.2. The molecular weight excluding hydrogens is 352 g/mol. The van der Waals surface area contributed by atoms with Crippen LogP contribution < -0.4 is 14.2 Å². The average Bonchev–Trinajstić information content (AvgIpc) is 2.63. The number of pyridine rings is 1. The summed E-state index contributed by atoms with van der Waals surface area (Å²) in [6.45, 7) is 4.59. The van der Waals surface area contributed by atoms with E-state index < -0.39 is 10.0 Å². The molecule has 3 rings (SSSR count). The fourth-order valence-corrected chi connectivity index (χ4v) is 3.86. The average molecular weight is 372 g/mol. The highest BCUT2D eigenvalue weighted by Crippen LogP contribution is 2.32. The number of benzene rings is 2. The molecule has 0 unspecified atom stereocenters. The third-order valence-electron chi connectivity index (χ3n) is 3.69. The zero-order chi connectivity index (χ0) is 18.6. The smallest absolute Gasteiger partial charge is 0.264 e. The molecule has 0 bridgehead atoms. The molecule has 0 amide bonds. The van der Waals surface area contributed by atoms with Gasteiger partial charge in [-0.05, 0) is 38.1 Å². The quantitative estimate of drug-likeness (QED) is 0.682. The molecule has 0 fully saturated rings. The van der Waals surface area contributed by atoms with E-state index in [1.807, 2.05) is 26.0 Å². The largest absolute Gasteiger partial charge is 0.494 e. The Bertz CT molecular complexity index is 1010. The predicted molar refractivity (Wildman–Crippen MR) is 101 cm³/mol. The summed E-state index contributed by atoms with van der Waals surface area (Å²) in [7, 11) is -3.86. The molecular formula is C19H20N2O4S. The van der Waals surface area contributed by atoms with Crippen LogP contribution in [0.15, 0.2) is 59.6 Å². The van der Waals surface area contributed by atoms with Crippen LogP contribution in [0.25, 0.3) is 10.9 Å². The van der Waals surface area contributed by atoms with Crippen molar-refractivity contribution in [1.82, 2.24) is 4.98 Å². The lowest BCUT2D eigenvalue weighted by Crippen LogP contribution is -2.15. The summed E-state index contributed by atoms with van der Waals surface area (Å²) in [4.78, 5) is 4.33. The fourth-order valence-electron chi connectivity index (χ4n) is 2.62. The molecule has 0 aliphatic rings. The molecule has 1 N–H and O–H groups in total. The van der Waals surface area contributed by atoms with Crippen molar-refractivity contribution in [3.05, 3.63) is 54.7 Å². The van der Waals surface area contributed by atoms with Gasteiger partial charge in [0.25, 0.3) is 10.0 Å². The summed E-state index contributed by atoms with van der Waals surface area (Å²) in [6, 6.07) is 13.7. The number of para-hydroxylation sites is 1. The van der Waals surface area contributed by atoms with Crippen LogP contribution >= 0.6 is 0 Å². The van der Waals surface area contributed by atoms with Crippen LogP contribution in [0.2, 0.25) is 0 Å². The Morgan fingerprint density at radius 1 is 1.00 bits per heavy atom. The molecule has 7 heteroatoms. The number of aromatic nitrogens is 1. The summed E-state index contributed by atoms with van der Waals surface area (Å²) >= 11 is 0. The van der Waals surface area contributed by atoms with E-state index in [2.05, 4.69) is 9.71 Å². The molecule has 1 aromatic heterocycles. The van der Waals surface area contributed by atoms with Crippen LogP contribution in [0.3, 0.4) is 0 Å². The summed E-state index contributed by atoms with van der Waals surface area (Å²) < 4.78 is 39.6. The first-order valence-corrected chi connectivity index (χ1v) is 9.79. The number of rotatable bonds is 7. The van der Waals surface area contributed by atoms with Gasteiger partial charge in [0.2, 0.25) is 0 Å². The van der Waals surface area contributed by atoms with Gasteiger partial charge in [-0.2, -0.15) is 0 Å². The van der Waals surface area contributed by atoms with E-state index in [0.29, 0.717) is 35.9 Å². The van der Waals surface area contributed by atoms with Crippen molar-refractivity contribution in [2.45, 2.75) is 18.7 Å². The molecule has 6 nitrogen and oxygen atoms in total. The molecule has 2 aromatic carbocycles. The number of sulfonamides is 1. The number of hydrogen-bond acceptors (Lipinski definition) is 5. The van der Waals surface area contributed by atoms with Crippen molar-refractivity contribution >= 4 is 26.6 Å². The van der Waals surface area contributed by atoms with Crippen molar-refractivity contribution in [3.8, 4) is 11.5 Å². The minimum absolute atomic E-state index is 0.111. The van der Waals surface area contributed by atoms with Gasteiger partial charge in [0.1, 0.15) is 16.4 Å². The molecule has 0 radical (unpaired) electrons. The van der Waals surface area contributed by atoms with Gasteiger partial charge in [-0.3, -0.25) is 9.71 Å². The van der Waals surface area contributed by atoms with Crippen LogP contribution in [0, 0.1) is 0 Å². The van der Waals surface area contributed by atoms with Crippen LogP contribution in [-0.4, -0.2) is 26.6 Å². The summed E-state index contributed by atoms with van der Waals surface area (Å²) in [5, 5.41) is 0.753. The summed E-state index contributed by atoms with van der Waals surface area (Å²) in [6.07, 6.45) is 1.57. The molecule has 0 aliphatic carbocycles. The van der Waals surface area contributed by atoms with Gasteiger partial charge in [-0.25, -0.2) is 8.42 Å². The first-order chi connectivity index (χ1) is 12.5. The Morgan fingerprint density at radius 2 is 1.77 bits per heavy atom. The third-order valence-corrected chi connectivity index (χ3v) is 5.09. The van der Waals surface area contributed by atoms with Crippen molar-refractivity contribution < 1.29 is 17.9 Å². The summed E-state index contributed by atoms with van der Waals surface area (Å²) in [5.74, 6) is 0.998. The van der Waals surface area contributed by atoms with Crippen molar-refractivity contribution in [2.75, 3.05) is 17.9 Å². The lowest BCUT2D eigenvalue weighted by molar-refractivity contribution is 0.332. The molecule has 0 saturated heterocycles. The minimum Gasteiger partial charge on any atom is -0.494 e. The van der Waals surface area contributed by atoms with Gasteiger partial charge in [0.05, 0.1) is 24.4 Å². The maximum atomic E-state index is 13.0. The minimum atomic E-state index is -3.86. The topological polar surface area (TPSA) is 77.5 Å². The molecule has 0 saturated carbocycles. The molecule has 0 spiro atoms. The maximum Gasteiger partial charge on any atom is 0.264 e. The van der Waals surface area contributed by atoms with E-state index >= 15 is 0 Å². The number of fused-ring (bicyclic) bond motifs is 1. The Kier molecular flexibility index (Phi) is 5.27. The number of hydrogen-bond donors (Lipinski definition) is 1. The number of nitrogens with one attached hydrogen (secondary N) is 1. The van der Waals surface area contributed by atoms with Crippen LogP contribution in [-0.2, 0) is 10.0 Å². The molecule has 3 aromatic rings. The highest BCUT2D eigenvalue weighted by molar-refractivity contribution is 7.93. The Balaban J connectivity index is 2.05. The normalized spacial score (nSPS) is 11.3. The van der Waals surface area contributed by atoms with Gasteiger partial charge in [-0.15, -0.1) is 0 Å². The molecule has 26 heavy (non-hydrogen) atoms. The number of ether oxygens (including phenoxy) is 2. The van der Waals surface area contributed by atoms with Crippen LogP contribution in [0.4, 0.5) is 5.69 Å². The van der Waals surface area contributed by atoms with Crippen LogP contribution in [0.5, 0.6) is 11.5 Å². The first-order valence-electron chi connectivity index (χ1n) is 8.31. The second kappa shape index (κ2) is 7.61. The SMILES string of the molecule is CCOc1ccc(OCC)c(NS(=O)(=O)c2cccc3cccnc23)c1. The predicted octanol–water partition coefficient (Wildman–Crippen LogP) is 3.83. The zero-order valence-electron chi connectivity index (χ0n) is 14.6. The standard InChI is InChI=1S/C19H20N2O4S/c1-3-24-15-10-11-17(25-4-2)16(13-15)21-26(22,23)18-9-5-7-14-8-6-12-20-19(14)18/h5-13,21H,3-4H2,1-2H3. The van der Waals surface area contributed by atoms with Gasteiger partial charge in [0.15, 0.2) is 0 Å². The van der Waals surface area contributed by atoms with E-state index in [1.165, 1.54) is 6.07 Å². The lowest BCUT2D eigenvalue weighted by atomic mass is 10.2. The van der Waals surface area contributed by atoms with Crippen molar-refractivity contribution in [3.63, 3.8) is 0 Å². The molecule has 136 valence electrons. The van der Waals surface area contributed by atoms with Gasteiger partial charge in [0, 0.05) is 17.6 Å². The number of anilines is 1. The monoisotopic (exact) mass is 372 g/mol. The second-order valence-corrected chi connectivity index (χ2v) is 7.11. The molecule has 1 heterocycles. The van der Waals surface area contributed by atoms with Gasteiger partial charge in [-0.1, -0.05) is 18.2 Å². The maximum absolute atomic E-state index is 13.0. The van der Waals surface area contributed by atoms with E-state index in [-0.39, 0.29) is 4.90 Å².